The molecule has 0 spiro atoms. The molecule has 2 amide bonds. The standard InChI is InChI=1S/2C14H10Cl2N2O3.Zn/c2*15-9-5-8(13(20)11(16)6-9)7-17-18-14(21)10-3-1-2-4-12(10)19;/h2*1-7,19-20H,(H,18,21);/q;;+2/p-2. The summed E-state index contributed by atoms with van der Waals surface area (Å²) in [6, 6.07) is 17.4. The number of halogens is 4. The zero-order valence-corrected chi connectivity index (χ0v) is 27.7. The van der Waals surface area contributed by atoms with E-state index in [9.17, 15) is 30.0 Å². The van der Waals surface area contributed by atoms with Crippen molar-refractivity contribution in [1.29, 1.82) is 0 Å². The van der Waals surface area contributed by atoms with Crippen molar-refractivity contribution in [2.45, 2.75) is 0 Å². The number of nitrogens with zero attached hydrogens (tertiary/aromatic N) is 2. The minimum atomic E-state index is -0.607. The molecule has 0 bridgehead atoms. The molecule has 0 atom stereocenters. The van der Waals surface area contributed by atoms with Crippen molar-refractivity contribution in [2.24, 2.45) is 10.2 Å². The molecule has 10 nitrogen and oxygen atoms in total. The van der Waals surface area contributed by atoms with Crippen LogP contribution in [0.3, 0.4) is 0 Å². The molecule has 4 rings (SSSR count). The van der Waals surface area contributed by atoms with E-state index in [-0.39, 0.29) is 73.3 Å². The summed E-state index contributed by atoms with van der Waals surface area (Å²) >= 11 is 22.9. The van der Waals surface area contributed by atoms with Gasteiger partial charge in [-0.3, -0.25) is 9.59 Å². The largest absolute Gasteiger partial charge is 2.00 e. The number of para-hydroxylation sites is 2. The minimum absolute atomic E-state index is 0. The number of amides is 2. The Labute approximate surface area is 277 Å². The Kier molecular flexibility index (Phi) is 13.7. The van der Waals surface area contributed by atoms with E-state index in [1.807, 2.05) is 0 Å². The first kappa shape index (κ1) is 35.3. The van der Waals surface area contributed by atoms with Gasteiger partial charge in [0.1, 0.15) is 11.5 Å². The van der Waals surface area contributed by atoms with E-state index < -0.39 is 23.3 Å². The van der Waals surface area contributed by atoms with Crippen LogP contribution in [0.2, 0.25) is 20.1 Å². The van der Waals surface area contributed by atoms with Gasteiger partial charge in [-0.05, 0) is 59.7 Å². The minimum Gasteiger partial charge on any atom is -0.871 e. The van der Waals surface area contributed by atoms with Crippen LogP contribution in [0.25, 0.3) is 0 Å². The molecule has 0 aliphatic heterocycles. The molecule has 4 N–H and O–H groups in total. The van der Waals surface area contributed by atoms with E-state index in [0.29, 0.717) is 0 Å². The van der Waals surface area contributed by atoms with Crippen molar-refractivity contribution in [3.05, 3.63) is 115 Å². The van der Waals surface area contributed by atoms with Gasteiger partial charge >= 0.3 is 19.5 Å². The fourth-order valence-corrected chi connectivity index (χ4v) is 4.14. The van der Waals surface area contributed by atoms with Crippen LogP contribution in [0.15, 0.2) is 83.0 Å². The first-order valence-corrected chi connectivity index (χ1v) is 13.0. The van der Waals surface area contributed by atoms with E-state index in [2.05, 4.69) is 21.1 Å². The van der Waals surface area contributed by atoms with Gasteiger partial charge in [-0.25, -0.2) is 10.9 Å². The van der Waals surface area contributed by atoms with Crippen LogP contribution in [-0.2, 0) is 19.5 Å². The topological polar surface area (TPSA) is 169 Å². The molecule has 4 aromatic carbocycles. The fourth-order valence-electron chi connectivity index (χ4n) is 3.12. The monoisotopic (exact) mass is 710 g/mol. The molecule has 0 radical (unpaired) electrons. The second kappa shape index (κ2) is 16.7. The third kappa shape index (κ3) is 10.1. The maximum absolute atomic E-state index is 11.8. The van der Waals surface area contributed by atoms with Gasteiger partial charge in [0.25, 0.3) is 11.8 Å². The molecule has 0 unspecified atom stereocenters. The fraction of sp³-hybridized carbons (Fsp3) is 0. The number of hydrogen-bond donors (Lipinski definition) is 4. The van der Waals surface area contributed by atoms with Crippen molar-refractivity contribution in [3.63, 3.8) is 0 Å². The Bertz CT molecular complexity index is 1560. The molecule has 0 aromatic heterocycles. The van der Waals surface area contributed by atoms with Crippen LogP contribution in [0.5, 0.6) is 23.0 Å². The Hall–Kier alpha value is -3.86. The molecular weight excluding hydrogens is 696 g/mol. The van der Waals surface area contributed by atoms with Gasteiger partial charge in [0.05, 0.1) is 23.6 Å². The van der Waals surface area contributed by atoms with E-state index >= 15 is 0 Å². The first-order chi connectivity index (χ1) is 20.0. The number of hydrogen-bond acceptors (Lipinski definition) is 8. The maximum Gasteiger partial charge on any atom is 2.00 e. The van der Waals surface area contributed by atoms with E-state index in [0.717, 1.165) is 12.4 Å². The van der Waals surface area contributed by atoms with Gasteiger partial charge in [0, 0.05) is 20.1 Å². The van der Waals surface area contributed by atoms with Gasteiger partial charge in [0.2, 0.25) is 0 Å². The number of benzene rings is 4. The molecule has 0 heterocycles. The number of carbonyl (C=O) groups is 2. The summed E-state index contributed by atoms with van der Waals surface area (Å²) < 4.78 is 0. The number of carbonyl (C=O) groups excluding carboxylic acids is 2. The summed E-state index contributed by atoms with van der Waals surface area (Å²) in [5, 5.41) is 50.2. The number of aromatic hydroxyl groups is 2. The quantitative estimate of drug-likeness (QED) is 0.124. The number of rotatable bonds is 6. The van der Waals surface area contributed by atoms with Gasteiger partial charge in [0.15, 0.2) is 0 Å². The van der Waals surface area contributed by atoms with Gasteiger partial charge in [-0.15, -0.1) is 0 Å². The molecule has 0 aliphatic rings. The van der Waals surface area contributed by atoms with Crippen LogP contribution in [0, 0.1) is 0 Å². The molecule has 0 fully saturated rings. The zero-order chi connectivity index (χ0) is 30.8. The summed E-state index contributed by atoms with van der Waals surface area (Å²) in [7, 11) is 0. The van der Waals surface area contributed by atoms with Crippen molar-refractivity contribution >= 4 is 70.6 Å². The van der Waals surface area contributed by atoms with Gasteiger partial charge in [-0.1, -0.05) is 82.2 Å². The smallest absolute Gasteiger partial charge is 0.871 e. The maximum atomic E-state index is 11.8. The average Bonchev–Trinajstić information content (AvgIpc) is 2.94. The summed E-state index contributed by atoms with van der Waals surface area (Å²) in [6.07, 6.45) is 2.27. The molecule has 0 saturated heterocycles. The second-order valence-corrected chi connectivity index (χ2v) is 9.73. The Morgan fingerprint density at radius 3 is 1.35 bits per heavy atom. The SMILES string of the molecule is O=C(NN=Cc1cc(Cl)cc(Cl)c1[O-])c1ccccc1O.O=C(NN=Cc1cc(Cl)cc(Cl)c1[O-])c1ccccc1O.[Zn+2]. The van der Waals surface area contributed by atoms with E-state index in [1.54, 1.807) is 24.3 Å². The third-order valence-corrected chi connectivity index (χ3v) is 6.11. The normalized spacial score (nSPS) is 10.5. The van der Waals surface area contributed by atoms with Gasteiger partial charge < -0.3 is 20.4 Å². The predicted molar refractivity (Wildman–Crippen MR) is 158 cm³/mol. The number of hydrazone groups is 2. The van der Waals surface area contributed by atoms with Crippen LogP contribution in [0.4, 0.5) is 0 Å². The van der Waals surface area contributed by atoms with Gasteiger partial charge in [-0.2, -0.15) is 10.2 Å². The van der Waals surface area contributed by atoms with Crippen molar-refractivity contribution in [1.82, 2.24) is 10.9 Å². The van der Waals surface area contributed by atoms with Crippen LogP contribution < -0.4 is 21.1 Å². The predicted octanol–water partition coefficient (Wildman–Crippen LogP) is 5.07. The van der Waals surface area contributed by atoms with E-state index in [1.165, 1.54) is 48.5 Å². The average molecular weight is 714 g/mol. The Balaban J connectivity index is 0.000000293. The second-order valence-electron chi connectivity index (χ2n) is 8.04. The van der Waals surface area contributed by atoms with Crippen molar-refractivity contribution in [3.8, 4) is 23.0 Å². The van der Waals surface area contributed by atoms with Crippen LogP contribution >= 0.6 is 46.4 Å². The Morgan fingerprint density at radius 2 is 1.00 bits per heavy atom. The van der Waals surface area contributed by atoms with Crippen LogP contribution in [0.1, 0.15) is 31.8 Å². The van der Waals surface area contributed by atoms with Crippen LogP contribution in [-0.4, -0.2) is 34.5 Å². The molecule has 0 saturated carbocycles. The summed E-state index contributed by atoms with van der Waals surface area (Å²) in [5.74, 6) is -2.43. The number of phenols is 2. The molecule has 216 valence electrons. The first-order valence-electron chi connectivity index (χ1n) is 11.5. The summed E-state index contributed by atoms with van der Waals surface area (Å²) in [6.45, 7) is 0. The van der Waals surface area contributed by atoms with Crippen molar-refractivity contribution < 1.29 is 49.5 Å². The zero-order valence-electron chi connectivity index (χ0n) is 21.7. The number of phenolic OH excluding ortho intramolecular Hbond substituents is 2. The molecule has 43 heavy (non-hydrogen) atoms. The molecule has 15 heteroatoms. The summed E-state index contributed by atoms with van der Waals surface area (Å²) in [5.41, 5.74) is 4.83. The molecule has 0 aliphatic carbocycles. The Morgan fingerprint density at radius 1 is 0.651 bits per heavy atom. The molecule has 4 aromatic rings. The third-order valence-electron chi connectivity index (χ3n) is 5.11. The molecular formula is C28H18Cl4N4O6Zn. The number of nitrogens with one attached hydrogen (secondary N) is 2. The summed E-state index contributed by atoms with van der Waals surface area (Å²) in [4.78, 5) is 23.5. The van der Waals surface area contributed by atoms with Crippen molar-refractivity contribution in [2.75, 3.05) is 0 Å². The van der Waals surface area contributed by atoms with E-state index in [4.69, 9.17) is 46.4 Å².